The SMILES string of the molecule is CCC(Cc1ccc(F)c(Cl)c1)NN. The number of nitrogens with one attached hydrogen (secondary N) is 1. The van der Waals surface area contributed by atoms with E-state index in [9.17, 15) is 4.39 Å². The van der Waals surface area contributed by atoms with Crippen LogP contribution in [0.25, 0.3) is 0 Å². The van der Waals surface area contributed by atoms with E-state index in [1.54, 1.807) is 12.1 Å². The first-order chi connectivity index (χ1) is 6.67. The van der Waals surface area contributed by atoms with Gasteiger partial charge in [-0.15, -0.1) is 0 Å². The Kier molecular flexibility index (Phi) is 4.32. The summed E-state index contributed by atoms with van der Waals surface area (Å²) in [6.45, 7) is 2.04. The second kappa shape index (κ2) is 5.29. The molecule has 0 fully saturated rings. The minimum atomic E-state index is -0.385. The first-order valence-corrected chi connectivity index (χ1v) is 4.95. The van der Waals surface area contributed by atoms with Gasteiger partial charge in [-0.3, -0.25) is 11.3 Å². The predicted molar refractivity (Wildman–Crippen MR) is 56.5 cm³/mol. The fourth-order valence-electron chi connectivity index (χ4n) is 1.27. The van der Waals surface area contributed by atoms with E-state index < -0.39 is 0 Å². The lowest BCUT2D eigenvalue weighted by molar-refractivity contribution is 0.510. The van der Waals surface area contributed by atoms with Gasteiger partial charge in [0.15, 0.2) is 0 Å². The summed E-state index contributed by atoms with van der Waals surface area (Å²) in [6.07, 6.45) is 1.68. The van der Waals surface area contributed by atoms with Crippen molar-refractivity contribution in [3.63, 3.8) is 0 Å². The molecule has 0 radical (unpaired) electrons. The van der Waals surface area contributed by atoms with Crippen LogP contribution in [0.15, 0.2) is 18.2 Å². The molecule has 1 rings (SSSR count). The molecular formula is C10H14ClFN2. The summed E-state index contributed by atoms with van der Waals surface area (Å²) >= 11 is 5.66. The van der Waals surface area contributed by atoms with Crippen molar-refractivity contribution in [2.24, 2.45) is 5.84 Å². The maximum atomic E-state index is 12.8. The van der Waals surface area contributed by atoms with Gasteiger partial charge in [0.05, 0.1) is 5.02 Å². The summed E-state index contributed by atoms with van der Waals surface area (Å²) in [4.78, 5) is 0. The normalized spacial score (nSPS) is 12.9. The van der Waals surface area contributed by atoms with Crippen molar-refractivity contribution in [2.45, 2.75) is 25.8 Å². The lowest BCUT2D eigenvalue weighted by Crippen LogP contribution is -2.36. The third-order valence-corrected chi connectivity index (χ3v) is 2.48. The highest BCUT2D eigenvalue weighted by Crippen LogP contribution is 2.17. The van der Waals surface area contributed by atoms with Crippen LogP contribution in [0.3, 0.4) is 0 Å². The minimum Gasteiger partial charge on any atom is -0.271 e. The summed E-state index contributed by atoms with van der Waals surface area (Å²) < 4.78 is 12.8. The summed E-state index contributed by atoms with van der Waals surface area (Å²) in [5.41, 5.74) is 3.68. The first kappa shape index (κ1) is 11.4. The molecule has 78 valence electrons. The van der Waals surface area contributed by atoms with Gasteiger partial charge in [0, 0.05) is 6.04 Å². The largest absolute Gasteiger partial charge is 0.271 e. The van der Waals surface area contributed by atoms with E-state index in [0.717, 1.165) is 18.4 Å². The van der Waals surface area contributed by atoms with Crippen LogP contribution >= 0.6 is 11.6 Å². The molecule has 1 unspecified atom stereocenters. The Morgan fingerprint density at radius 1 is 1.57 bits per heavy atom. The quantitative estimate of drug-likeness (QED) is 0.599. The molecule has 1 aromatic carbocycles. The Bertz CT molecular complexity index is 300. The van der Waals surface area contributed by atoms with Gasteiger partial charge in [0.2, 0.25) is 0 Å². The van der Waals surface area contributed by atoms with Crippen LogP contribution in [0, 0.1) is 5.82 Å². The Hall–Kier alpha value is -0.640. The number of benzene rings is 1. The zero-order chi connectivity index (χ0) is 10.6. The molecule has 0 amide bonds. The Balaban J connectivity index is 2.72. The molecule has 0 aliphatic heterocycles. The van der Waals surface area contributed by atoms with Gasteiger partial charge < -0.3 is 0 Å². The molecule has 2 nitrogen and oxygen atoms in total. The van der Waals surface area contributed by atoms with E-state index in [4.69, 9.17) is 17.4 Å². The van der Waals surface area contributed by atoms with Gasteiger partial charge >= 0.3 is 0 Å². The molecule has 1 aromatic rings. The van der Waals surface area contributed by atoms with Crippen LogP contribution in [0.4, 0.5) is 4.39 Å². The number of nitrogens with two attached hydrogens (primary N) is 1. The molecule has 0 spiro atoms. The number of hydrazine groups is 1. The molecule has 3 N–H and O–H groups in total. The lowest BCUT2D eigenvalue weighted by atomic mass is 10.0. The molecule has 0 heterocycles. The van der Waals surface area contributed by atoms with Crippen LogP contribution in [0.5, 0.6) is 0 Å². The Morgan fingerprint density at radius 2 is 2.29 bits per heavy atom. The maximum absolute atomic E-state index is 12.8. The van der Waals surface area contributed by atoms with Crippen molar-refractivity contribution in [3.05, 3.63) is 34.6 Å². The van der Waals surface area contributed by atoms with Gasteiger partial charge in [0.25, 0.3) is 0 Å². The average Bonchev–Trinajstić information content (AvgIpc) is 2.19. The van der Waals surface area contributed by atoms with E-state index >= 15 is 0 Å². The van der Waals surface area contributed by atoms with Crippen LogP contribution in [-0.2, 0) is 6.42 Å². The minimum absolute atomic E-state index is 0.161. The average molecular weight is 217 g/mol. The van der Waals surface area contributed by atoms with Crippen LogP contribution in [0.1, 0.15) is 18.9 Å². The van der Waals surface area contributed by atoms with Gasteiger partial charge in [-0.05, 0) is 30.5 Å². The van der Waals surface area contributed by atoms with E-state index in [-0.39, 0.29) is 16.9 Å². The molecule has 0 saturated carbocycles. The lowest BCUT2D eigenvalue weighted by Gasteiger charge is -2.13. The van der Waals surface area contributed by atoms with Crippen molar-refractivity contribution >= 4 is 11.6 Å². The van der Waals surface area contributed by atoms with Crippen molar-refractivity contribution in [1.82, 2.24) is 5.43 Å². The van der Waals surface area contributed by atoms with E-state index in [1.807, 2.05) is 6.92 Å². The molecule has 0 aromatic heterocycles. The molecule has 14 heavy (non-hydrogen) atoms. The molecule has 1 atom stereocenters. The molecule has 4 heteroatoms. The number of rotatable bonds is 4. The second-order valence-electron chi connectivity index (χ2n) is 3.22. The first-order valence-electron chi connectivity index (χ1n) is 4.57. The fourth-order valence-corrected chi connectivity index (χ4v) is 1.48. The second-order valence-corrected chi connectivity index (χ2v) is 3.63. The molecular weight excluding hydrogens is 203 g/mol. The summed E-state index contributed by atoms with van der Waals surface area (Å²) in [5, 5.41) is 0.161. The topological polar surface area (TPSA) is 38.0 Å². The van der Waals surface area contributed by atoms with Gasteiger partial charge in [-0.25, -0.2) is 4.39 Å². The summed E-state index contributed by atoms with van der Waals surface area (Å²) in [5.74, 6) is 4.96. The van der Waals surface area contributed by atoms with Crippen LogP contribution in [0.2, 0.25) is 5.02 Å². The predicted octanol–water partition coefficient (Wildman–Crippen LogP) is 2.26. The smallest absolute Gasteiger partial charge is 0.141 e. The van der Waals surface area contributed by atoms with Crippen molar-refractivity contribution in [2.75, 3.05) is 0 Å². The third-order valence-electron chi connectivity index (χ3n) is 2.19. The van der Waals surface area contributed by atoms with Gasteiger partial charge in [-0.2, -0.15) is 0 Å². The maximum Gasteiger partial charge on any atom is 0.141 e. The Labute approximate surface area is 88.2 Å². The van der Waals surface area contributed by atoms with Crippen LogP contribution in [-0.4, -0.2) is 6.04 Å². The van der Waals surface area contributed by atoms with E-state index in [0.29, 0.717) is 0 Å². The van der Waals surface area contributed by atoms with Crippen molar-refractivity contribution < 1.29 is 4.39 Å². The summed E-state index contributed by atoms with van der Waals surface area (Å²) in [7, 11) is 0. The number of hydrogen-bond acceptors (Lipinski definition) is 2. The Morgan fingerprint density at radius 3 is 2.79 bits per heavy atom. The summed E-state index contributed by atoms with van der Waals surface area (Å²) in [6, 6.07) is 4.94. The highest BCUT2D eigenvalue weighted by molar-refractivity contribution is 6.30. The molecule has 0 bridgehead atoms. The van der Waals surface area contributed by atoms with Gasteiger partial charge in [-0.1, -0.05) is 24.6 Å². The molecule has 0 saturated heterocycles. The van der Waals surface area contributed by atoms with Gasteiger partial charge in [0.1, 0.15) is 5.82 Å². The third kappa shape index (κ3) is 2.94. The molecule has 0 aliphatic carbocycles. The van der Waals surface area contributed by atoms with E-state index in [1.165, 1.54) is 6.07 Å². The highest BCUT2D eigenvalue weighted by Gasteiger charge is 2.06. The zero-order valence-electron chi connectivity index (χ0n) is 8.06. The van der Waals surface area contributed by atoms with Crippen LogP contribution < -0.4 is 11.3 Å². The fraction of sp³-hybridized carbons (Fsp3) is 0.400. The number of halogens is 2. The van der Waals surface area contributed by atoms with E-state index in [2.05, 4.69) is 5.43 Å². The standard InChI is InChI=1S/C10H14ClFN2/c1-2-8(14-13)5-7-3-4-10(12)9(11)6-7/h3-4,6,8,14H,2,5,13H2,1H3. The molecule has 0 aliphatic rings. The number of hydrogen-bond donors (Lipinski definition) is 2. The van der Waals surface area contributed by atoms with Crippen molar-refractivity contribution in [3.8, 4) is 0 Å². The highest BCUT2D eigenvalue weighted by atomic mass is 35.5. The van der Waals surface area contributed by atoms with Crippen molar-refractivity contribution in [1.29, 1.82) is 0 Å². The zero-order valence-corrected chi connectivity index (χ0v) is 8.81. The monoisotopic (exact) mass is 216 g/mol.